The summed E-state index contributed by atoms with van der Waals surface area (Å²) in [4.78, 5) is 14.0. The summed E-state index contributed by atoms with van der Waals surface area (Å²) in [6.45, 7) is 9.71. The van der Waals surface area contributed by atoms with E-state index in [9.17, 15) is 4.79 Å². The Labute approximate surface area is 131 Å². The Hall–Kier alpha value is -1.54. The lowest BCUT2D eigenvalue weighted by Crippen LogP contribution is -2.43. The second kappa shape index (κ2) is 6.70. The van der Waals surface area contributed by atoms with E-state index >= 15 is 0 Å². The molecule has 2 unspecified atom stereocenters. The van der Waals surface area contributed by atoms with Crippen molar-refractivity contribution in [1.29, 1.82) is 0 Å². The van der Waals surface area contributed by atoms with Gasteiger partial charge in [0, 0.05) is 32.1 Å². The minimum absolute atomic E-state index is 0.107. The largest absolute Gasteiger partial charge is 0.344 e. The summed E-state index contributed by atoms with van der Waals surface area (Å²) in [5.41, 5.74) is 6.84. The Morgan fingerprint density at radius 2 is 2.14 bits per heavy atom. The first-order valence-electron chi connectivity index (χ1n) is 7.75. The molecule has 1 aromatic rings. The third kappa shape index (κ3) is 4.23. The van der Waals surface area contributed by atoms with Gasteiger partial charge in [-0.2, -0.15) is 0 Å². The van der Waals surface area contributed by atoms with Gasteiger partial charge in [-0.15, -0.1) is 5.10 Å². The number of hydrogen-bond donors (Lipinski definition) is 2. The third-order valence-corrected chi connectivity index (χ3v) is 4.20. The molecule has 124 valence electrons. The number of likely N-dealkylation sites (N-methyl/N-ethyl adjacent to an activating group) is 1. The third-order valence-electron chi connectivity index (χ3n) is 4.20. The number of rotatable bonds is 5. The van der Waals surface area contributed by atoms with Crippen molar-refractivity contribution in [1.82, 2.24) is 36.0 Å². The van der Waals surface area contributed by atoms with Gasteiger partial charge in [-0.1, -0.05) is 20.8 Å². The lowest BCUT2D eigenvalue weighted by atomic mass is 9.84. The number of amides is 1. The zero-order valence-corrected chi connectivity index (χ0v) is 14.1. The van der Waals surface area contributed by atoms with Crippen molar-refractivity contribution in [2.24, 2.45) is 5.41 Å². The number of tetrazole rings is 1. The van der Waals surface area contributed by atoms with Gasteiger partial charge in [-0.3, -0.25) is 15.6 Å². The Kier molecular flexibility index (Phi) is 5.12. The van der Waals surface area contributed by atoms with Crippen LogP contribution >= 0.6 is 0 Å². The molecule has 1 fully saturated rings. The smallest absolute Gasteiger partial charge is 0.224 e. The second-order valence-electron chi connectivity index (χ2n) is 7.11. The van der Waals surface area contributed by atoms with Crippen LogP contribution in [-0.4, -0.2) is 56.7 Å². The zero-order chi connectivity index (χ0) is 16.3. The number of hydrazine groups is 1. The molecule has 2 heterocycles. The van der Waals surface area contributed by atoms with E-state index in [1.54, 1.807) is 9.58 Å². The molecule has 0 radical (unpaired) electrons. The van der Waals surface area contributed by atoms with Crippen molar-refractivity contribution in [2.45, 2.75) is 59.2 Å². The first-order valence-corrected chi connectivity index (χ1v) is 7.75. The Morgan fingerprint density at radius 3 is 2.68 bits per heavy atom. The van der Waals surface area contributed by atoms with Crippen LogP contribution < -0.4 is 10.9 Å². The molecule has 1 amide bonds. The minimum Gasteiger partial charge on any atom is -0.344 e. The summed E-state index contributed by atoms with van der Waals surface area (Å²) in [5.74, 6) is 0.834. The molecule has 0 aromatic carbocycles. The Bertz CT molecular complexity index is 508. The zero-order valence-electron chi connectivity index (χ0n) is 14.1. The van der Waals surface area contributed by atoms with Crippen LogP contribution in [-0.2, 0) is 11.3 Å². The summed E-state index contributed by atoms with van der Waals surface area (Å²) >= 11 is 0. The maximum atomic E-state index is 12.2. The second-order valence-corrected chi connectivity index (χ2v) is 7.11. The van der Waals surface area contributed by atoms with Gasteiger partial charge >= 0.3 is 0 Å². The molecule has 1 aliphatic rings. The molecule has 1 aliphatic heterocycles. The van der Waals surface area contributed by atoms with Gasteiger partial charge < -0.3 is 4.90 Å². The van der Waals surface area contributed by atoms with E-state index in [1.165, 1.54) is 0 Å². The van der Waals surface area contributed by atoms with Crippen molar-refractivity contribution in [3.05, 3.63) is 5.82 Å². The Balaban J connectivity index is 1.76. The molecule has 0 aliphatic carbocycles. The molecule has 2 N–H and O–H groups in total. The van der Waals surface area contributed by atoms with Crippen LogP contribution in [0.25, 0.3) is 0 Å². The first kappa shape index (κ1) is 16.8. The first-order chi connectivity index (χ1) is 10.3. The van der Waals surface area contributed by atoms with Crippen LogP contribution in [0.15, 0.2) is 0 Å². The van der Waals surface area contributed by atoms with Crippen molar-refractivity contribution >= 4 is 5.91 Å². The van der Waals surface area contributed by atoms with Crippen molar-refractivity contribution in [2.75, 3.05) is 13.6 Å². The van der Waals surface area contributed by atoms with Crippen LogP contribution in [0.2, 0.25) is 0 Å². The molecule has 1 saturated heterocycles. The van der Waals surface area contributed by atoms with Gasteiger partial charge in [-0.25, -0.2) is 4.68 Å². The number of nitrogens with zero attached hydrogens (tertiary/aromatic N) is 5. The monoisotopic (exact) mass is 309 g/mol. The highest BCUT2D eigenvalue weighted by Crippen LogP contribution is 2.25. The fraction of sp³-hybridized carbons (Fsp3) is 0.857. The molecule has 0 spiro atoms. The van der Waals surface area contributed by atoms with Gasteiger partial charge in [0.15, 0.2) is 0 Å². The number of aryl methyl sites for hydroxylation is 2. The molecule has 8 nitrogen and oxygen atoms in total. The average Bonchev–Trinajstić information content (AvgIpc) is 3.04. The molecule has 0 saturated carbocycles. The highest BCUT2D eigenvalue weighted by atomic mass is 16.2. The highest BCUT2D eigenvalue weighted by molar-refractivity contribution is 5.75. The van der Waals surface area contributed by atoms with Crippen LogP contribution in [0, 0.1) is 12.3 Å². The fourth-order valence-corrected chi connectivity index (χ4v) is 2.59. The quantitative estimate of drug-likeness (QED) is 0.803. The number of carbonyl (C=O) groups excluding carboxylic acids is 1. The van der Waals surface area contributed by atoms with E-state index in [0.717, 1.165) is 12.2 Å². The molecule has 2 rings (SSSR count). The van der Waals surface area contributed by atoms with E-state index in [0.29, 0.717) is 25.6 Å². The molecule has 8 heteroatoms. The molecule has 2 atom stereocenters. The van der Waals surface area contributed by atoms with Gasteiger partial charge in [0.05, 0.1) is 6.54 Å². The molecule has 1 aromatic heterocycles. The summed E-state index contributed by atoms with van der Waals surface area (Å²) in [7, 11) is 1.85. The molecule has 0 bridgehead atoms. The predicted octanol–water partition coefficient (Wildman–Crippen LogP) is 0.111. The normalized spacial score (nSPS) is 22.0. The summed E-state index contributed by atoms with van der Waals surface area (Å²) in [5, 5.41) is 11.2. The fourth-order valence-electron chi connectivity index (χ4n) is 2.59. The maximum absolute atomic E-state index is 12.2. The van der Waals surface area contributed by atoms with E-state index in [2.05, 4.69) is 47.1 Å². The maximum Gasteiger partial charge on any atom is 0.224 e. The van der Waals surface area contributed by atoms with Crippen molar-refractivity contribution in [3.8, 4) is 0 Å². The van der Waals surface area contributed by atoms with Crippen molar-refractivity contribution in [3.63, 3.8) is 0 Å². The number of hydrogen-bond acceptors (Lipinski definition) is 6. The van der Waals surface area contributed by atoms with E-state index in [-0.39, 0.29) is 17.4 Å². The lowest BCUT2D eigenvalue weighted by molar-refractivity contribution is -0.130. The summed E-state index contributed by atoms with van der Waals surface area (Å²) in [6.07, 6.45) is 1.43. The lowest BCUT2D eigenvalue weighted by Gasteiger charge is -2.26. The van der Waals surface area contributed by atoms with Gasteiger partial charge in [0.2, 0.25) is 5.91 Å². The minimum atomic E-state index is 0.107. The van der Waals surface area contributed by atoms with E-state index in [4.69, 9.17) is 0 Å². The van der Waals surface area contributed by atoms with E-state index < -0.39 is 0 Å². The number of aromatic nitrogens is 4. The molecule has 22 heavy (non-hydrogen) atoms. The summed E-state index contributed by atoms with van der Waals surface area (Å²) in [6, 6.07) is 0.706. The highest BCUT2D eigenvalue weighted by Gasteiger charge is 2.33. The van der Waals surface area contributed by atoms with Crippen LogP contribution in [0.4, 0.5) is 0 Å². The topological polar surface area (TPSA) is 88.0 Å². The average molecular weight is 309 g/mol. The van der Waals surface area contributed by atoms with Crippen molar-refractivity contribution < 1.29 is 4.79 Å². The Morgan fingerprint density at radius 1 is 1.41 bits per heavy atom. The SMILES string of the molecule is Cc1nnnn1CCC(=O)N(C)CC1CC(C(C)(C)C)NN1. The van der Waals surface area contributed by atoms with Gasteiger partial charge in [-0.05, 0) is 29.2 Å². The molecular formula is C14H27N7O. The van der Waals surface area contributed by atoms with Gasteiger partial charge in [0.1, 0.15) is 5.82 Å². The van der Waals surface area contributed by atoms with Crippen LogP contribution in [0.5, 0.6) is 0 Å². The number of nitrogens with one attached hydrogen (secondary N) is 2. The number of carbonyl (C=O) groups is 1. The van der Waals surface area contributed by atoms with Crippen LogP contribution in [0.1, 0.15) is 39.4 Å². The van der Waals surface area contributed by atoms with Crippen LogP contribution in [0.3, 0.4) is 0 Å². The van der Waals surface area contributed by atoms with E-state index in [1.807, 2.05) is 14.0 Å². The van der Waals surface area contributed by atoms with Gasteiger partial charge in [0.25, 0.3) is 0 Å². The molecular weight excluding hydrogens is 282 g/mol. The summed E-state index contributed by atoms with van der Waals surface area (Å²) < 4.78 is 1.65. The predicted molar refractivity (Wildman–Crippen MR) is 82.7 cm³/mol. The standard InChI is InChI=1S/C14H27N7O/c1-10-15-18-19-21(10)7-6-13(22)20(5)9-11-8-12(17-16-11)14(2,3)4/h11-12,16-17H,6-9H2,1-5H3.